The highest BCUT2D eigenvalue weighted by Gasteiger charge is 2.67. The fraction of sp³-hybridized carbons (Fsp3) is 1.00. The second-order valence-electron chi connectivity index (χ2n) is 6.08. The van der Waals surface area contributed by atoms with Crippen LogP contribution in [0.25, 0.3) is 0 Å². The first-order valence-corrected chi connectivity index (χ1v) is 7.59. The van der Waals surface area contributed by atoms with Crippen molar-refractivity contribution < 1.29 is 0 Å². The molecule has 2 heteroatoms. The van der Waals surface area contributed by atoms with E-state index in [4.69, 9.17) is 0 Å². The topological polar surface area (TPSA) is 0 Å². The number of hydrogen-bond acceptors (Lipinski definition) is 0. The molecule has 0 spiro atoms. The maximum atomic E-state index is 3.93. The lowest BCUT2D eigenvalue weighted by Gasteiger charge is -2.07. The third kappa shape index (κ3) is 1.22. The van der Waals surface area contributed by atoms with Gasteiger partial charge in [-0.05, 0) is 62.2 Å². The van der Waals surface area contributed by atoms with E-state index in [9.17, 15) is 0 Å². The number of alkyl halides is 2. The Morgan fingerprint density at radius 3 is 1.36 bits per heavy atom. The molecule has 0 radical (unpaired) electrons. The third-order valence-electron chi connectivity index (χ3n) is 5.01. The van der Waals surface area contributed by atoms with Crippen LogP contribution in [0.3, 0.4) is 0 Å². The highest BCUT2D eigenvalue weighted by molar-refractivity contribution is 9.10. The van der Waals surface area contributed by atoms with E-state index >= 15 is 0 Å². The van der Waals surface area contributed by atoms with Crippen molar-refractivity contribution in [3.8, 4) is 0 Å². The van der Waals surface area contributed by atoms with Gasteiger partial charge in [0.05, 0.1) is 0 Å². The van der Waals surface area contributed by atoms with Crippen LogP contribution in [0.1, 0.15) is 38.5 Å². The molecule has 0 heterocycles. The minimum Gasteiger partial charge on any atom is -0.0850 e. The smallest absolute Gasteiger partial charge is 0.0290 e. The summed E-state index contributed by atoms with van der Waals surface area (Å²) in [6.45, 7) is 0. The molecule has 4 unspecified atom stereocenters. The van der Waals surface area contributed by atoms with Crippen molar-refractivity contribution >= 4 is 31.9 Å². The molecule has 4 atom stereocenters. The van der Waals surface area contributed by atoms with Gasteiger partial charge in [-0.25, -0.2) is 0 Å². The molecule has 4 aliphatic rings. The Hall–Kier alpha value is 0.960. The Labute approximate surface area is 102 Å². The van der Waals surface area contributed by atoms with E-state index in [1.807, 2.05) is 0 Å². The van der Waals surface area contributed by atoms with Crippen molar-refractivity contribution in [2.24, 2.45) is 23.7 Å². The van der Waals surface area contributed by atoms with Crippen molar-refractivity contribution in [3.05, 3.63) is 0 Å². The van der Waals surface area contributed by atoms with Crippen LogP contribution in [0, 0.1) is 23.7 Å². The second-order valence-corrected chi connectivity index (χ2v) is 9.24. The molecule has 0 nitrogen and oxygen atoms in total. The van der Waals surface area contributed by atoms with Gasteiger partial charge < -0.3 is 0 Å². The first-order valence-electron chi connectivity index (χ1n) is 6.00. The summed E-state index contributed by atoms with van der Waals surface area (Å²) in [5, 5.41) is 0. The molecule has 4 saturated carbocycles. The molecule has 0 amide bonds. The summed E-state index contributed by atoms with van der Waals surface area (Å²) in [7, 11) is 0. The summed E-state index contributed by atoms with van der Waals surface area (Å²) < 4.78 is 1.27. The minimum absolute atomic E-state index is 0.633. The van der Waals surface area contributed by atoms with Crippen molar-refractivity contribution in [2.75, 3.05) is 0 Å². The molecule has 14 heavy (non-hydrogen) atoms. The summed E-state index contributed by atoms with van der Waals surface area (Å²) in [6, 6.07) is 0. The predicted molar refractivity (Wildman–Crippen MR) is 65.0 cm³/mol. The molecule has 4 rings (SSSR count). The van der Waals surface area contributed by atoms with Crippen molar-refractivity contribution in [1.82, 2.24) is 0 Å². The molecule has 0 aromatic carbocycles. The van der Waals surface area contributed by atoms with Crippen molar-refractivity contribution in [2.45, 2.75) is 47.2 Å². The van der Waals surface area contributed by atoms with Crippen molar-refractivity contribution in [1.29, 1.82) is 0 Å². The van der Waals surface area contributed by atoms with Gasteiger partial charge in [0.1, 0.15) is 0 Å². The van der Waals surface area contributed by atoms with E-state index in [1.165, 1.54) is 38.5 Å². The molecular formula is C12H16Br2. The summed E-state index contributed by atoms with van der Waals surface area (Å²) in [6.07, 6.45) is 8.87. The maximum absolute atomic E-state index is 3.93. The van der Waals surface area contributed by atoms with Gasteiger partial charge in [0.25, 0.3) is 0 Å². The van der Waals surface area contributed by atoms with Crippen LogP contribution in [0.2, 0.25) is 0 Å². The SMILES string of the molecule is BrC1(C2CC2C2CC2C2(Br)CC2)CC1. The molecule has 0 saturated heterocycles. The summed E-state index contributed by atoms with van der Waals surface area (Å²) in [5.74, 6) is 4.34. The Morgan fingerprint density at radius 1 is 0.714 bits per heavy atom. The van der Waals surface area contributed by atoms with Gasteiger partial charge in [-0.1, -0.05) is 31.9 Å². The van der Waals surface area contributed by atoms with E-state index < -0.39 is 0 Å². The van der Waals surface area contributed by atoms with Crippen LogP contribution < -0.4 is 0 Å². The van der Waals surface area contributed by atoms with E-state index in [0.29, 0.717) is 8.65 Å². The minimum atomic E-state index is 0.633. The van der Waals surface area contributed by atoms with Crippen LogP contribution >= 0.6 is 31.9 Å². The monoisotopic (exact) mass is 318 g/mol. The van der Waals surface area contributed by atoms with Gasteiger partial charge in [-0.15, -0.1) is 0 Å². The Balaban J connectivity index is 1.40. The fourth-order valence-electron chi connectivity index (χ4n) is 3.55. The van der Waals surface area contributed by atoms with E-state index in [2.05, 4.69) is 31.9 Å². The van der Waals surface area contributed by atoms with Gasteiger partial charge in [0.2, 0.25) is 0 Å². The zero-order valence-corrected chi connectivity index (χ0v) is 11.5. The van der Waals surface area contributed by atoms with Gasteiger partial charge in [0, 0.05) is 8.65 Å². The average Bonchev–Trinajstić information content (AvgIpc) is 2.95. The second kappa shape index (κ2) is 2.45. The molecule has 0 bridgehead atoms. The summed E-state index contributed by atoms with van der Waals surface area (Å²) in [4.78, 5) is 0. The number of hydrogen-bond donors (Lipinski definition) is 0. The molecule has 4 fully saturated rings. The third-order valence-corrected chi connectivity index (χ3v) is 7.78. The highest BCUT2D eigenvalue weighted by Crippen LogP contribution is 2.73. The van der Waals surface area contributed by atoms with E-state index in [0.717, 1.165) is 23.7 Å². The lowest BCUT2D eigenvalue weighted by Crippen LogP contribution is -2.06. The number of rotatable bonds is 3. The van der Waals surface area contributed by atoms with Crippen LogP contribution in [-0.4, -0.2) is 8.65 Å². The molecule has 0 aliphatic heterocycles. The lowest BCUT2D eigenvalue weighted by molar-refractivity contribution is 0.553. The molecule has 0 aromatic heterocycles. The first-order chi connectivity index (χ1) is 6.62. The van der Waals surface area contributed by atoms with Crippen molar-refractivity contribution in [3.63, 3.8) is 0 Å². The van der Waals surface area contributed by atoms with E-state index in [1.54, 1.807) is 0 Å². The summed E-state index contributed by atoms with van der Waals surface area (Å²) in [5.41, 5.74) is 0. The molecule has 0 N–H and O–H groups in total. The molecule has 4 aliphatic carbocycles. The fourth-order valence-corrected chi connectivity index (χ4v) is 5.00. The zero-order valence-electron chi connectivity index (χ0n) is 8.31. The normalized spacial score (nSPS) is 55.3. The van der Waals surface area contributed by atoms with Crippen LogP contribution in [-0.2, 0) is 0 Å². The first kappa shape index (κ1) is 9.04. The van der Waals surface area contributed by atoms with E-state index in [-0.39, 0.29) is 0 Å². The molecule has 0 aromatic rings. The quantitative estimate of drug-likeness (QED) is 0.687. The van der Waals surface area contributed by atoms with Gasteiger partial charge >= 0.3 is 0 Å². The Morgan fingerprint density at radius 2 is 1.07 bits per heavy atom. The van der Waals surface area contributed by atoms with Crippen LogP contribution in [0.15, 0.2) is 0 Å². The van der Waals surface area contributed by atoms with Crippen LogP contribution in [0.5, 0.6) is 0 Å². The Bertz CT molecular complexity index is 261. The van der Waals surface area contributed by atoms with Gasteiger partial charge in [0.15, 0.2) is 0 Å². The number of halogens is 2. The molecular weight excluding hydrogens is 304 g/mol. The zero-order chi connectivity index (χ0) is 9.55. The predicted octanol–water partition coefficient (Wildman–Crippen LogP) is 4.11. The largest absolute Gasteiger partial charge is 0.0850 e. The van der Waals surface area contributed by atoms with Crippen LogP contribution in [0.4, 0.5) is 0 Å². The van der Waals surface area contributed by atoms with Gasteiger partial charge in [-0.2, -0.15) is 0 Å². The lowest BCUT2D eigenvalue weighted by atomic mass is 10.1. The average molecular weight is 320 g/mol. The maximum Gasteiger partial charge on any atom is 0.0290 e. The molecule has 78 valence electrons. The standard InChI is InChI=1S/C12H16Br2/c13-11(1-2-11)9-5-7(9)8-6-10(8)12(14)3-4-12/h7-10H,1-6H2. The van der Waals surface area contributed by atoms with Gasteiger partial charge in [-0.3, -0.25) is 0 Å². The summed E-state index contributed by atoms with van der Waals surface area (Å²) >= 11 is 7.85. The Kier molecular flexibility index (Phi) is 1.58. The highest BCUT2D eigenvalue weighted by atomic mass is 79.9.